The highest BCUT2D eigenvalue weighted by atomic mass is 35.5. The average molecular weight is 819 g/mol. The Kier molecular flexibility index (Phi) is 37.9. The first-order chi connectivity index (χ1) is 26.6. The quantitative estimate of drug-likeness (QED) is 0.0534. The smallest absolute Gasteiger partial charge is 0.297 e. The van der Waals surface area contributed by atoms with Crippen molar-refractivity contribution in [2.24, 2.45) is 0 Å². The maximum Gasteiger partial charge on any atom is 0.297 e. The largest absolute Gasteiger partial charge is 0.379 e. The first kappa shape index (κ1) is 51.0. The molecule has 0 atom stereocenters. The van der Waals surface area contributed by atoms with Gasteiger partial charge in [-0.2, -0.15) is 8.42 Å². The highest BCUT2D eigenvalue weighted by molar-refractivity contribution is 7.86. The summed E-state index contributed by atoms with van der Waals surface area (Å²) in [7, 11) is -3.78. The van der Waals surface area contributed by atoms with Crippen LogP contribution in [0, 0.1) is 6.92 Å². The zero-order valence-electron chi connectivity index (χ0n) is 32.4. The van der Waals surface area contributed by atoms with E-state index in [4.69, 9.17) is 72.6 Å². The second-order valence-electron chi connectivity index (χ2n) is 11.5. The predicted octanol–water partition coefficient (Wildman–Crippen LogP) is 3.70. The molecular formula is C37H67ClO15S. The maximum absolute atomic E-state index is 12.1. The average Bonchev–Trinajstić information content (AvgIpc) is 3.17. The van der Waals surface area contributed by atoms with Crippen LogP contribution in [0.5, 0.6) is 0 Å². The van der Waals surface area contributed by atoms with Crippen molar-refractivity contribution < 1.29 is 69.4 Å². The third-order valence-corrected chi connectivity index (χ3v) is 8.63. The lowest BCUT2D eigenvalue weighted by Gasteiger charge is -2.09. The lowest BCUT2D eigenvalue weighted by Crippen LogP contribution is -2.16. The van der Waals surface area contributed by atoms with Crippen molar-refractivity contribution in [3.63, 3.8) is 0 Å². The number of hydrogen-bond donors (Lipinski definition) is 0. The van der Waals surface area contributed by atoms with E-state index in [0.717, 1.165) is 43.7 Å². The number of rotatable bonds is 44. The minimum atomic E-state index is -3.78. The van der Waals surface area contributed by atoms with E-state index in [1.807, 2.05) is 6.92 Å². The molecule has 0 amide bonds. The van der Waals surface area contributed by atoms with Gasteiger partial charge in [0, 0.05) is 12.5 Å². The number of ether oxygens (including phenoxy) is 12. The van der Waals surface area contributed by atoms with Crippen LogP contribution in [0.25, 0.3) is 0 Å². The molecule has 0 saturated heterocycles. The normalized spacial score (nSPS) is 11.9. The highest BCUT2D eigenvalue weighted by Gasteiger charge is 2.14. The topological polar surface area (TPSA) is 154 Å². The Morgan fingerprint density at radius 2 is 0.630 bits per heavy atom. The van der Waals surface area contributed by atoms with Crippen LogP contribution in [0.3, 0.4) is 0 Å². The van der Waals surface area contributed by atoms with Gasteiger partial charge in [-0.25, -0.2) is 0 Å². The molecule has 17 heteroatoms. The Balaban J connectivity index is 1.65. The van der Waals surface area contributed by atoms with Gasteiger partial charge in [0.1, 0.15) is 0 Å². The van der Waals surface area contributed by atoms with E-state index >= 15 is 0 Å². The van der Waals surface area contributed by atoms with Crippen LogP contribution in [-0.2, 0) is 71.1 Å². The van der Waals surface area contributed by atoms with E-state index in [0.29, 0.717) is 145 Å². The van der Waals surface area contributed by atoms with Gasteiger partial charge in [0.15, 0.2) is 0 Å². The van der Waals surface area contributed by atoms with Crippen LogP contribution in [-0.4, -0.2) is 179 Å². The van der Waals surface area contributed by atoms with Gasteiger partial charge in [0.05, 0.1) is 163 Å². The summed E-state index contributed by atoms with van der Waals surface area (Å²) in [4.78, 5) is 0.127. The first-order valence-corrected chi connectivity index (χ1v) is 21.0. The summed E-state index contributed by atoms with van der Waals surface area (Å²) in [6.45, 7) is 13.4. The molecule has 0 heterocycles. The van der Waals surface area contributed by atoms with E-state index in [1.165, 1.54) is 12.1 Å². The monoisotopic (exact) mass is 818 g/mol. The molecule has 0 bridgehead atoms. The molecule has 0 aliphatic carbocycles. The van der Waals surface area contributed by atoms with Crippen LogP contribution >= 0.6 is 11.6 Å². The van der Waals surface area contributed by atoms with Crippen molar-refractivity contribution in [3.05, 3.63) is 29.8 Å². The van der Waals surface area contributed by atoms with E-state index in [1.54, 1.807) is 12.1 Å². The van der Waals surface area contributed by atoms with Crippen LogP contribution in [0.4, 0.5) is 0 Å². The SMILES string of the molecule is Cc1ccc(S(=O)(=O)OCCOCCOCCOCCOCCOCCOCCOCCOCCOCCOCCOCCOCCCCCCCl)cc1. The van der Waals surface area contributed by atoms with Crippen molar-refractivity contribution in [1.29, 1.82) is 0 Å². The Morgan fingerprint density at radius 3 is 0.926 bits per heavy atom. The lowest BCUT2D eigenvalue weighted by atomic mass is 10.2. The number of benzene rings is 1. The van der Waals surface area contributed by atoms with Crippen LogP contribution in [0.1, 0.15) is 31.2 Å². The van der Waals surface area contributed by atoms with Crippen molar-refractivity contribution in [3.8, 4) is 0 Å². The van der Waals surface area contributed by atoms with Crippen molar-refractivity contribution >= 4 is 21.7 Å². The molecule has 54 heavy (non-hydrogen) atoms. The molecule has 1 rings (SSSR count). The molecule has 0 radical (unpaired) electrons. The standard InChI is InChI=1S/C37H67ClO15S/c1-36-6-8-37(9-7-36)54(39,40)53-35-34-52-33-32-51-31-30-50-29-28-49-27-26-48-25-24-47-23-22-46-21-20-45-19-18-44-17-16-43-15-14-42-13-12-41-11-5-3-2-4-10-38/h6-9H,2-5,10-35H2,1H3. The van der Waals surface area contributed by atoms with Crippen LogP contribution < -0.4 is 0 Å². The summed E-state index contributed by atoms with van der Waals surface area (Å²) in [5, 5.41) is 0. The van der Waals surface area contributed by atoms with E-state index in [2.05, 4.69) is 0 Å². The van der Waals surface area contributed by atoms with Gasteiger partial charge in [0.2, 0.25) is 0 Å². The van der Waals surface area contributed by atoms with Crippen LogP contribution in [0.15, 0.2) is 29.2 Å². The molecule has 0 fully saturated rings. The predicted molar refractivity (Wildman–Crippen MR) is 203 cm³/mol. The Hall–Kier alpha value is -1.06. The van der Waals surface area contributed by atoms with E-state index in [9.17, 15) is 8.42 Å². The maximum atomic E-state index is 12.1. The number of halogens is 1. The molecule has 0 aliphatic rings. The molecule has 0 aromatic heterocycles. The second kappa shape index (κ2) is 40.1. The van der Waals surface area contributed by atoms with Gasteiger partial charge in [-0.3, -0.25) is 4.18 Å². The highest BCUT2D eigenvalue weighted by Crippen LogP contribution is 2.13. The van der Waals surface area contributed by atoms with Crippen LogP contribution in [0.2, 0.25) is 0 Å². The molecule has 0 spiro atoms. The Labute approximate surface area is 328 Å². The molecule has 0 saturated carbocycles. The molecule has 1 aromatic rings. The summed E-state index contributed by atoms with van der Waals surface area (Å²) >= 11 is 5.66. The molecule has 1 aromatic carbocycles. The molecule has 0 unspecified atom stereocenters. The summed E-state index contributed by atoms with van der Waals surface area (Å²) in [5.41, 5.74) is 0.974. The number of unbranched alkanes of at least 4 members (excludes halogenated alkanes) is 3. The second-order valence-corrected chi connectivity index (χ2v) is 13.5. The number of aryl methyl sites for hydroxylation is 1. The fraction of sp³-hybridized carbons (Fsp3) is 0.838. The number of alkyl halides is 1. The summed E-state index contributed by atoms with van der Waals surface area (Å²) in [5.74, 6) is 0.737. The number of hydrogen-bond acceptors (Lipinski definition) is 15. The van der Waals surface area contributed by atoms with Crippen molar-refractivity contribution in [1.82, 2.24) is 0 Å². The molecule has 15 nitrogen and oxygen atoms in total. The zero-order valence-corrected chi connectivity index (χ0v) is 34.0. The lowest BCUT2D eigenvalue weighted by molar-refractivity contribution is -0.0285. The molecular weight excluding hydrogens is 752 g/mol. The van der Waals surface area contributed by atoms with Gasteiger partial charge in [-0.05, 0) is 31.9 Å². The van der Waals surface area contributed by atoms with Gasteiger partial charge in [-0.1, -0.05) is 30.5 Å². The third kappa shape index (κ3) is 35.4. The zero-order chi connectivity index (χ0) is 38.9. The Bertz CT molecular complexity index is 1010. The van der Waals surface area contributed by atoms with E-state index < -0.39 is 10.1 Å². The van der Waals surface area contributed by atoms with Crippen molar-refractivity contribution in [2.45, 2.75) is 37.5 Å². The Morgan fingerprint density at radius 1 is 0.370 bits per heavy atom. The van der Waals surface area contributed by atoms with Gasteiger partial charge in [-0.15, -0.1) is 11.6 Å². The fourth-order valence-corrected chi connectivity index (χ4v) is 5.23. The first-order valence-electron chi connectivity index (χ1n) is 19.0. The minimum Gasteiger partial charge on any atom is -0.379 e. The molecule has 0 N–H and O–H groups in total. The van der Waals surface area contributed by atoms with Gasteiger partial charge < -0.3 is 56.8 Å². The molecule has 0 aliphatic heterocycles. The summed E-state index contributed by atoms with van der Waals surface area (Å²) in [6, 6.07) is 6.48. The van der Waals surface area contributed by atoms with E-state index in [-0.39, 0.29) is 18.1 Å². The van der Waals surface area contributed by atoms with Gasteiger partial charge >= 0.3 is 0 Å². The summed E-state index contributed by atoms with van der Waals surface area (Å²) in [6.07, 6.45) is 4.47. The fourth-order valence-electron chi connectivity index (χ4n) is 4.15. The van der Waals surface area contributed by atoms with Gasteiger partial charge in [0.25, 0.3) is 10.1 Å². The summed E-state index contributed by atoms with van der Waals surface area (Å²) < 4.78 is 94.8. The third-order valence-electron chi connectivity index (χ3n) is 7.04. The van der Waals surface area contributed by atoms with Crippen molar-refractivity contribution in [2.75, 3.05) is 171 Å². The molecule has 318 valence electrons. The minimum absolute atomic E-state index is 0.0613.